The molecule has 0 aliphatic carbocycles. The van der Waals surface area contributed by atoms with Crippen LogP contribution < -0.4 is 5.32 Å². The molecule has 0 saturated carbocycles. The van der Waals surface area contributed by atoms with Crippen molar-refractivity contribution in [1.82, 2.24) is 0 Å². The first-order valence-corrected chi connectivity index (χ1v) is 5.34. The van der Waals surface area contributed by atoms with Crippen LogP contribution in [-0.4, -0.2) is 34.6 Å². The number of rotatable bonds is 4. The zero-order valence-corrected chi connectivity index (χ0v) is 9.90. The van der Waals surface area contributed by atoms with Gasteiger partial charge in [0.1, 0.15) is 0 Å². The number of hydrogen-bond acceptors (Lipinski definition) is 4. The van der Waals surface area contributed by atoms with Crippen LogP contribution in [0.25, 0.3) is 0 Å². The average Bonchev–Trinajstić information content (AvgIpc) is 2.24. The number of anilines is 1. The maximum atomic E-state index is 13.2. The number of hydrogen-bond donors (Lipinski definition) is 4. The quantitative estimate of drug-likeness (QED) is 0.490. The Morgan fingerprint density at radius 2 is 2.13 bits per heavy atom. The summed E-state index contributed by atoms with van der Waals surface area (Å²) in [5.74, 6) is -1.17. The molecular formula is C9H11FINO3. The number of phenols is 1. The van der Waals surface area contributed by atoms with Crippen LogP contribution in [0.4, 0.5) is 10.1 Å². The Morgan fingerprint density at radius 1 is 1.47 bits per heavy atom. The second-order valence-electron chi connectivity index (χ2n) is 2.97. The van der Waals surface area contributed by atoms with Crippen LogP contribution in [0.1, 0.15) is 0 Å². The summed E-state index contributed by atoms with van der Waals surface area (Å²) < 4.78 is 13.5. The molecule has 1 aromatic rings. The van der Waals surface area contributed by atoms with E-state index in [-0.39, 0.29) is 18.8 Å². The number of benzene rings is 1. The lowest BCUT2D eigenvalue weighted by Crippen LogP contribution is -2.23. The molecule has 0 heterocycles. The Morgan fingerprint density at radius 3 is 2.73 bits per heavy atom. The second-order valence-corrected chi connectivity index (χ2v) is 4.14. The van der Waals surface area contributed by atoms with Crippen molar-refractivity contribution in [2.24, 2.45) is 0 Å². The van der Waals surface area contributed by atoms with Gasteiger partial charge in [0.25, 0.3) is 0 Å². The summed E-state index contributed by atoms with van der Waals surface area (Å²) in [6.45, 7) is -0.343. The first-order valence-electron chi connectivity index (χ1n) is 4.26. The number of halogens is 2. The normalized spacial score (nSPS) is 12.5. The SMILES string of the molecule is OCC(O)CNc1ccc(I)c(F)c1O. The zero-order valence-electron chi connectivity index (χ0n) is 7.74. The highest BCUT2D eigenvalue weighted by atomic mass is 127. The van der Waals surface area contributed by atoms with E-state index in [9.17, 15) is 9.50 Å². The van der Waals surface area contributed by atoms with Gasteiger partial charge in [-0.25, -0.2) is 4.39 Å². The molecule has 15 heavy (non-hydrogen) atoms. The first-order chi connectivity index (χ1) is 7.06. The van der Waals surface area contributed by atoms with Crippen molar-refractivity contribution in [3.8, 4) is 5.75 Å². The zero-order chi connectivity index (χ0) is 11.4. The smallest absolute Gasteiger partial charge is 0.180 e. The summed E-state index contributed by atoms with van der Waals surface area (Å²) in [5, 5.41) is 29.6. The minimum Gasteiger partial charge on any atom is -0.503 e. The molecule has 0 amide bonds. The lowest BCUT2D eigenvalue weighted by Gasteiger charge is -2.12. The molecule has 0 fully saturated rings. The molecule has 0 aliphatic heterocycles. The van der Waals surface area contributed by atoms with Crippen LogP contribution in [0.3, 0.4) is 0 Å². The molecule has 0 aliphatic rings. The minimum atomic E-state index is -0.938. The Bertz CT molecular complexity index is 348. The Hall–Kier alpha value is -0.600. The van der Waals surface area contributed by atoms with E-state index in [0.29, 0.717) is 3.57 Å². The third-order valence-electron chi connectivity index (χ3n) is 1.81. The summed E-state index contributed by atoms with van der Waals surface area (Å²) in [4.78, 5) is 0. The fourth-order valence-corrected chi connectivity index (χ4v) is 1.41. The topological polar surface area (TPSA) is 72.7 Å². The van der Waals surface area contributed by atoms with Crippen molar-refractivity contribution in [2.75, 3.05) is 18.5 Å². The van der Waals surface area contributed by atoms with E-state index in [1.54, 1.807) is 22.6 Å². The lowest BCUT2D eigenvalue weighted by molar-refractivity contribution is 0.105. The van der Waals surface area contributed by atoms with Crippen LogP contribution >= 0.6 is 22.6 Å². The van der Waals surface area contributed by atoms with Gasteiger partial charge in [-0.3, -0.25) is 0 Å². The first kappa shape index (κ1) is 12.5. The average molecular weight is 327 g/mol. The van der Waals surface area contributed by atoms with E-state index in [0.717, 1.165) is 0 Å². The van der Waals surface area contributed by atoms with Gasteiger partial charge < -0.3 is 20.6 Å². The lowest BCUT2D eigenvalue weighted by atomic mass is 10.2. The van der Waals surface area contributed by atoms with Gasteiger partial charge in [-0.2, -0.15) is 0 Å². The molecule has 0 saturated heterocycles. The van der Waals surface area contributed by atoms with E-state index in [1.165, 1.54) is 12.1 Å². The number of aliphatic hydroxyl groups is 2. The molecule has 0 spiro atoms. The monoisotopic (exact) mass is 327 g/mol. The minimum absolute atomic E-state index is 0.0457. The van der Waals surface area contributed by atoms with Crippen molar-refractivity contribution >= 4 is 28.3 Å². The van der Waals surface area contributed by atoms with Crippen molar-refractivity contribution in [3.05, 3.63) is 21.5 Å². The highest BCUT2D eigenvalue weighted by molar-refractivity contribution is 14.1. The Kier molecular flexibility index (Phi) is 4.55. The molecule has 1 rings (SSSR count). The molecule has 1 unspecified atom stereocenters. The Balaban J connectivity index is 2.74. The van der Waals surface area contributed by atoms with E-state index >= 15 is 0 Å². The largest absolute Gasteiger partial charge is 0.503 e. The van der Waals surface area contributed by atoms with Crippen LogP contribution in [0, 0.1) is 9.39 Å². The number of aromatic hydroxyl groups is 1. The summed E-state index contributed by atoms with van der Waals surface area (Å²) in [5.41, 5.74) is 0.195. The molecule has 4 N–H and O–H groups in total. The summed E-state index contributed by atoms with van der Waals surface area (Å²) in [6, 6.07) is 3.01. The molecular weight excluding hydrogens is 316 g/mol. The number of nitrogens with one attached hydrogen (secondary N) is 1. The van der Waals surface area contributed by atoms with Gasteiger partial charge in [-0.05, 0) is 34.7 Å². The third kappa shape index (κ3) is 3.18. The maximum Gasteiger partial charge on any atom is 0.180 e. The summed E-state index contributed by atoms with van der Waals surface area (Å²) in [6.07, 6.45) is -0.938. The van der Waals surface area contributed by atoms with Gasteiger partial charge in [-0.1, -0.05) is 0 Å². The van der Waals surface area contributed by atoms with Gasteiger partial charge in [0.15, 0.2) is 11.6 Å². The second kappa shape index (κ2) is 5.47. The molecule has 4 nitrogen and oxygen atoms in total. The van der Waals surface area contributed by atoms with Crippen molar-refractivity contribution in [2.45, 2.75) is 6.10 Å². The molecule has 1 aromatic carbocycles. The van der Waals surface area contributed by atoms with Gasteiger partial charge in [0.2, 0.25) is 0 Å². The summed E-state index contributed by atoms with van der Waals surface area (Å²) in [7, 11) is 0. The summed E-state index contributed by atoms with van der Waals surface area (Å²) >= 11 is 1.76. The fourth-order valence-electron chi connectivity index (χ4n) is 0.975. The van der Waals surface area contributed by atoms with Crippen LogP contribution in [0.5, 0.6) is 5.75 Å². The third-order valence-corrected chi connectivity index (χ3v) is 2.64. The predicted molar refractivity (Wildman–Crippen MR) is 62.4 cm³/mol. The van der Waals surface area contributed by atoms with Gasteiger partial charge >= 0.3 is 0 Å². The van der Waals surface area contributed by atoms with Crippen molar-refractivity contribution < 1.29 is 19.7 Å². The molecule has 84 valence electrons. The van der Waals surface area contributed by atoms with Crippen LogP contribution in [-0.2, 0) is 0 Å². The van der Waals surface area contributed by atoms with Crippen LogP contribution in [0.2, 0.25) is 0 Å². The van der Waals surface area contributed by atoms with E-state index in [4.69, 9.17) is 10.2 Å². The highest BCUT2D eigenvalue weighted by Gasteiger charge is 2.11. The van der Waals surface area contributed by atoms with Crippen LogP contribution in [0.15, 0.2) is 12.1 Å². The molecule has 0 bridgehead atoms. The van der Waals surface area contributed by atoms with Gasteiger partial charge in [-0.15, -0.1) is 0 Å². The van der Waals surface area contributed by atoms with Gasteiger partial charge in [0.05, 0.1) is 22.0 Å². The van der Waals surface area contributed by atoms with Gasteiger partial charge in [0, 0.05) is 6.54 Å². The number of phenolic OH excluding ortho intramolecular Hbond substituents is 1. The molecule has 1 atom stereocenters. The molecule has 0 radical (unpaired) electrons. The maximum absolute atomic E-state index is 13.2. The number of aliphatic hydroxyl groups excluding tert-OH is 2. The van der Waals surface area contributed by atoms with E-state index in [1.807, 2.05) is 0 Å². The molecule has 0 aromatic heterocycles. The standard InChI is InChI=1S/C9H11FINO3/c10-8-6(11)1-2-7(9(8)15)12-3-5(14)4-13/h1-2,5,12-15H,3-4H2. The van der Waals surface area contributed by atoms with E-state index in [2.05, 4.69) is 5.32 Å². The van der Waals surface area contributed by atoms with Crippen molar-refractivity contribution in [1.29, 1.82) is 0 Å². The fraction of sp³-hybridized carbons (Fsp3) is 0.333. The highest BCUT2D eigenvalue weighted by Crippen LogP contribution is 2.29. The Labute approximate surface area is 99.9 Å². The predicted octanol–water partition coefficient (Wildman–Crippen LogP) is 0.901. The van der Waals surface area contributed by atoms with E-state index < -0.39 is 17.7 Å². The molecule has 6 heteroatoms. The van der Waals surface area contributed by atoms with Crippen molar-refractivity contribution in [3.63, 3.8) is 0 Å².